The van der Waals surface area contributed by atoms with Gasteiger partial charge in [-0.25, -0.2) is 0 Å². The lowest BCUT2D eigenvalue weighted by atomic mass is 9.83. The molecule has 1 aliphatic carbocycles. The van der Waals surface area contributed by atoms with Gasteiger partial charge < -0.3 is 10.5 Å². The standard InChI is InChI=1S/C9H13NO3/c1-13-9(12)7-5-3-2-4-6(7)8(10)11/h3,5-7H,2,4H2,1H3,(H2,10,11). The fraction of sp³-hybridized carbons (Fsp3) is 0.556. The second-order valence-electron chi connectivity index (χ2n) is 3.06. The maximum absolute atomic E-state index is 11.2. The summed E-state index contributed by atoms with van der Waals surface area (Å²) in [5, 5.41) is 0. The number of carbonyl (C=O) groups is 2. The minimum absolute atomic E-state index is 0.389. The Morgan fingerprint density at radius 1 is 1.54 bits per heavy atom. The molecule has 0 saturated carbocycles. The van der Waals surface area contributed by atoms with Gasteiger partial charge in [-0.2, -0.15) is 0 Å². The first kappa shape index (κ1) is 9.77. The SMILES string of the molecule is COC(=O)C1C=CCCC1C(N)=O. The monoisotopic (exact) mass is 183 g/mol. The molecule has 0 fully saturated rings. The number of rotatable bonds is 2. The molecule has 0 radical (unpaired) electrons. The lowest BCUT2D eigenvalue weighted by Crippen LogP contribution is -2.35. The van der Waals surface area contributed by atoms with Crippen LogP contribution < -0.4 is 5.73 Å². The summed E-state index contributed by atoms with van der Waals surface area (Å²) in [6.45, 7) is 0. The van der Waals surface area contributed by atoms with Crippen LogP contribution in [0, 0.1) is 11.8 Å². The molecule has 0 heterocycles. The highest BCUT2D eigenvalue weighted by Crippen LogP contribution is 2.25. The van der Waals surface area contributed by atoms with E-state index in [1.165, 1.54) is 7.11 Å². The van der Waals surface area contributed by atoms with Crippen LogP contribution >= 0.6 is 0 Å². The predicted octanol–water partition coefficient (Wildman–Crippen LogP) is 0.227. The number of methoxy groups -OCH3 is 1. The molecule has 4 heteroatoms. The highest BCUT2D eigenvalue weighted by atomic mass is 16.5. The molecule has 0 aromatic heterocycles. The van der Waals surface area contributed by atoms with Gasteiger partial charge >= 0.3 is 5.97 Å². The number of hydrogen-bond acceptors (Lipinski definition) is 3. The number of primary amides is 1. The average molecular weight is 183 g/mol. The van der Waals surface area contributed by atoms with Crippen LogP contribution in [0.2, 0.25) is 0 Å². The summed E-state index contributed by atoms with van der Waals surface area (Å²) in [7, 11) is 1.31. The van der Waals surface area contributed by atoms with E-state index in [1.807, 2.05) is 6.08 Å². The van der Waals surface area contributed by atoms with Gasteiger partial charge in [-0.3, -0.25) is 9.59 Å². The second kappa shape index (κ2) is 4.07. The van der Waals surface area contributed by atoms with E-state index in [-0.39, 0.29) is 5.97 Å². The number of hydrogen-bond donors (Lipinski definition) is 1. The normalized spacial score (nSPS) is 26.8. The van der Waals surface area contributed by atoms with E-state index >= 15 is 0 Å². The van der Waals surface area contributed by atoms with Gasteiger partial charge in [0, 0.05) is 0 Å². The van der Waals surface area contributed by atoms with Crippen LogP contribution in [-0.4, -0.2) is 19.0 Å². The Kier molecular flexibility index (Phi) is 3.06. The van der Waals surface area contributed by atoms with Crippen molar-refractivity contribution < 1.29 is 14.3 Å². The van der Waals surface area contributed by atoms with Gasteiger partial charge in [0.25, 0.3) is 0 Å². The van der Waals surface area contributed by atoms with E-state index in [2.05, 4.69) is 4.74 Å². The molecule has 0 spiro atoms. The Balaban J connectivity index is 2.77. The van der Waals surface area contributed by atoms with Crippen LogP contribution in [0.15, 0.2) is 12.2 Å². The van der Waals surface area contributed by atoms with E-state index in [0.29, 0.717) is 6.42 Å². The van der Waals surface area contributed by atoms with Crippen LogP contribution in [0.1, 0.15) is 12.8 Å². The second-order valence-corrected chi connectivity index (χ2v) is 3.06. The third kappa shape index (κ3) is 2.08. The van der Waals surface area contributed by atoms with Gasteiger partial charge in [-0.1, -0.05) is 12.2 Å². The number of ether oxygens (including phenoxy) is 1. The van der Waals surface area contributed by atoms with Gasteiger partial charge in [-0.05, 0) is 12.8 Å². The molecule has 2 N–H and O–H groups in total. The maximum atomic E-state index is 11.2. The van der Waals surface area contributed by atoms with E-state index in [4.69, 9.17) is 5.73 Å². The minimum Gasteiger partial charge on any atom is -0.469 e. The maximum Gasteiger partial charge on any atom is 0.313 e. The smallest absolute Gasteiger partial charge is 0.313 e. The average Bonchev–Trinajstić information content (AvgIpc) is 2.16. The Bertz CT molecular complexity index is 247. The largest absolute Gasteiger partial charge is 0.469 e. The van der Waals surface area contributed by atoms with Crippen molar-refractivity contribution in [1.29, 1.82) is 0 Å². The summed E-state index contributed by atoms with van der Waals surface area (Å²) in [6.07, 6.45) is 5.00. The molecule has 1 amide bonds. The molecule has 4 nitrogen and oxygen atoms in total. The minimum atomic E-state index is -0.490. The van der Waals surface area contributed by atoms with Crippen LogP contribution in [0.25, 0.3) is 0 Å². The first-order chi connectivity index (χ1) is 6.16. The molecule has 1 aliphatic rings. The summed E-state index contributed by atoms with van der Waals surface area (Å²) < 4.78 is 4.57. The molecule has 72 valence electrons. The van der Waals surface area contributed by atoms with Crippen molar-refractivity contribution in [3.8, 4) is 0 Å². The van der Waals surface area contributed by atoms with E-state index in [9.17, 15) is 9.59 Å². The third-order valence-electron chi connectivity index (χ3n) is 2.26. The number of amides is 1. The van der Waals surface area contributed by atoms with Crippen molar-refractivity contribution in [1.82, 2.24) is 0 Å². The lowest BCUT2D eigenvalue weighted by molar-refractivity contribution is -0.148. The van der Waals surface area contributed by atoms with Gasteiger partial charge in [-0.15, -0.1) is 0 Å². The molecule has 2 unspecified atom stereocenters. The van der Waals surface area contributed by atoms with Crippen molar-refractivity contribution in [2.24, 2.45) is 17.6 Å². The number of nitrogens with two attached hydrogens (primary N) is 1. The van der Waals surface area contributed by atoms with E-state index < -0.39 is 17.7 Å². The molecule has 0 aromatic carbocycles. The summed E-state index contributed by atoms with van der Waals surface area (Å²) in [6, 6.07) is 0. The molecule has 0 aromatic rings. The highest BCUT2D eigenvalue weighted by Gasteiger charge is 2.32. The highest BCUT2D eigenvalue weighted by molar-refractivity contribution is 5.85. The zero-order valence-electron chi connectivity index (χ0n) is 7.53. The molecule has 13 heavy (non-hydrogen) atoms. The summed E-state index contributed by atoms with van der Waals surface area (Å²) >= 11 is 0. The number of carbonyl (C=O) groups excluding carboxylic acids is 2. The first-order valence-corrected chi connectivity index (χ1v) is 4.20. The van der Waals surface area contributed by atoms with Crippen molar-refractivity contribution in [2.75, 3.05) is 7.11 Å². The van der Waals surface area contributed by atoms with Gasteiger partial charge in [0.15, 0.2) is 0 Å². The summed E-state index contributed by atoms with van der Waals surface area (Å²) in [5.41, 5.74) is 5.17. The van der Waals surface area contributed by atoms with Crippen molar-refractivity contribution in [3.63, 3.8) is 0 Å². The van der Waals surface area contributed by atoms with Crippen molar-refractivity contribution >= 4 is 11.9 Å². The van der Waals surface area contributed by atoms with Crippen LogP contribution in [0.4, 0.5) is 0 Å². The Morgan fingerprint density at radius 2 is 2.23 bits per heavy atom. The van der Waals surface area contributed by atoms with Gasteiger partial charge in [0.2, 0.25) is 5.91 Å². The van der Waals surface area contributed by atoms with Gasteiger partial charge in [0.1, 0.15) is 0 Å². The van der Waals surface area contributed by atoms with Crippen molar-refractivity contribution in [2.45, 2.75) is 12.8 Å². The van der Waals surface area contributed by atoms with Crippen LogP contribution in [-0.2, 0) is 14.3 Å². The molecule has 1 rings (SSSR count). The third-order valence-corrected chi connectivity index (χ3v) is 2.26. The van der Waals surface area contributed by atoms with Crippen LogP contribution in [0.5, 0.6) is 0 Å². The van der Waals surface area contributed by atoms with E-state index in [1.54, 1.807) is 6.08 Å². The van der Waals surface area contributed by atoms with Gasteiger partial charge in [0.05, 0.1) is 18.9 Å². The lowest BCUT2D eigenvalue weighted by Gasteiger charge is -2.22. The fourth-order valence-corrected chi connectivity index (χ4v) is 1.53. The molecule has 0 bridgehead atoms. The fourth-order valence-electron chi connectivity index (χ4n) is 1.53. The zero-order valence-corrected chi connectivity index (χ0v) is 7.53. The molecule has 0 saturated heterocycles. The number of allylic oxidation sites excluding steroid dienone is 1. The zero-order chi connectivity index (χ0) is 9.84. The molecule has 0 aliphatic heterocycles. The van der Waals surface area contributed by atoms with Crippen LogP contribution in [0.3, 0.4) is 0 Å². The Labute approximate surface area is 76.7 Å². The molecular formula is C9H13NO3. The summed E-state index contributed by atoms with van der Waals surface area (Å²) in [5.74, 6) is -1.71. The van der Waals surface area contributed by atoms with E-state index in [0.717, 1.165) is 6.42 Å². The summed E-state index contributed by atoms with van der Waals surface area (Å²) in [4.78, 5) is 22.2. The Hall–Kier alpha value is -1.32. The quantitative estimate of drug-likeness (QED) is 0.492. The Morgan fingerprint density at radius 3 is 2.77 bits per heavy atom. The topological polar surface area (TPSA) is 69.4 Å². The molecule has 2 atom stereocenters. The first-order valence-electron chi connectivity index (χ1n) is 4.20. The van der Waals surface area contributed by atoms with Crippen molar-refractivity contribution in [3.05, 3.63) is 12.2 Å². The number of esters is 1. The molecular weight excluding hydrogens is 170 g/mol. The predicted molar refractivity (Wildman–Crippen MR) is 46.6 cm³/mol.